The molecule has 0 fully saturated rings. The fourth-order valence-corrected chi connectivity index (χ4v) is 1.65. The van der Waals surface area contributed by atoms with E-state index in [1.165, 1.54) is 12.1 Å². The first kappa shape index (κ1) is 12.3. The molecule has 1 amide bonds. The van der Waals surface area contributed by atoms with Crippen LogP contribution < -0.4 is 11.1 Å². The molecule has 0 aliphatic rings. The second-order valence-corrected chi connectivity index (χ2v) is 4.11. The van der Waals surface area contributed by atoms with E-state index in [9.17, 15) is 4.79 Å². The molecule has 0 aliphatic heterocycles. The average molecular weight is 263 g/mol. The fourth-order valence-electron chi connectivity index (χ4n) is 1.48. The summed E-state index contributed by atoms with van der Waals surface area (Å²) in [7, 11) is 0. The number of hydrogen-bond acceptors (Lipinski definition) is 3. The predicted molar refractivity (Wildman–Crippen MR) is 71.9 cm³/mol. The molecule has 2 aromatic carbocycles. The number of carbonyl (C=O) groups excluding carboxylic acids is 1. The number of amides is 1. The lowest BCUT2D eigenvalue weighted by Crippen LogP contribution is -2.14. The van der Waals surface area contributed by atoms with Crippen LogP contribution in [0.2, 0.25) is 5.02 Å². The van der Waals surface area contributed by atoms with Gasteiger partial charge < -0.3 is 16.2 Å². The highest BCUT2D eigenvalue weighted by Gasteiger charge is 2.11. The Bertz CT molecular complexity index is 582. The van der Waals surface area contributed by atoms with Gasteiger partial charge in [0.25, 0.3) is 5.91 Å². The molecule has 0 spiro atoms. The van der Waals surface area contributed by atoms with Crippen LogP contribution in [0.1, 0.15) is 10.4 Å². The Hall–Kier alpha value is -2.20. The second-order valence-electron chi connectivity index (χ2n) is 3.70. The summed E-state index contributed by atoms with van der Waals surface area (Å²) in [6, 6.07) is 11.0. The number of phenols is 1. The van der Waals surface area contributed by atoms with Gasteiger partial charge in [-0.15, -0.1) is 0 Å². The van der Waals surface area contributed by atoms with Gasteiger partial charge in [-0.05, 0) is 36.4 Å². The number of rotatable bonds is 2. The van der Waals surface area contributed by atoms with Crippen molar-refractivity contribution in [3.63, 3.8) is 0 Å². The summed E-state index contributed by atoms with van der Waals surface area (Å²) in [4.78, 5) is 12.0. The molecule has 0 saturated heterocycles. The topological polar surface area (TPSA) is 75.4 Å². The van der Waals surface area contributed by atoms with Gasteiger partial charge in [-0.1, -0.05) is 17.7 Å². The highest BCUT2D eigenvalue weighted by Crippen LogP contribution is 2.23. The van der Waals surface area contributed by atoms with E-state index in [4.69, 9.17) is 22.4 Å². The lowest BCUT2D eigenvalue weighted by atomic mass is 10.1. The van der Waals surface area contributed by atoms with Crippen LogP contribution in [0.3, 0.4) is 0 Å². The highest BCUT2D eigenvalue weighted by atomic mass is 35.5. The zero-order valence-electron chi connectivity index (χ0n) is 9.35. The van der Waals surface area contributed by atoms with Gasteiger partial charge >= 0.3 is 0 Å². The van der Waals surface area contributed by atoms with E-state index in [1.807, 2.05) is 0 Å². The number of para-hydroxylation sites is 1. The predicted octanol–water partition coefficient (Wildman–Crippen LogP) is 2.88. The van der Waals surface area contributed by atoms with Gasteiger partial charge in [-0.25, -0.2) is 0 Å². The van der Waals surface area contributed by atoms with Crippen LogP contribution >= 0.6 is 11.6 Å². The van der Waals surface area contributed by atoms with Gasteiger partial charge in [0.15, 0.2) is 0 Å². The van der Waals surface area contributed by atoms with Crippen LogP contribution in [-0.4, -0.2) is 11.0 Å². The molecule has 0 atom stereocenters. The lowest BCUT2D eigenvalue weighted by Gasteiger charge is -2.08. The van der Waals surface area contributed by atoms with Crippen molar-refractivity contribution < 1.29 is 9.90 Å². The largest absolute Gasteiger partial charge is 0.508 e. The van der Waals surface area contributed by atoms with Crippen molar-refractivity contribution in [1.29, 1.82) is 0 Å². The van der Waals surface area contributed by atoms with E-state index in [-0.39, 0.29) is 17.3 Å². The second kappa shape index (κ2) is 4.98. The Balaban J connectivity index is 2.22. The molecule has 0 saturated carbocycles. The van der Waals surface area contributed by atoms with Gasteiger partial charge in [-0.3, -0.25) is 4.79 Å². The molecular weight excluding hydrogens is 252 g/mol. The van der Waals surface area contributed by atoms with Crippen molar-refractivity contribution in [2.24, 2.45) is 0 Å². The summed E-state index contributed by atoms with van der Waals surface area (Å²) in [6.07, 6.45) is 0. The number of nitrogen functional groups attached to an aromatic ring is 1. The molecule has 4 N–H and O–H groups in total. The number of aromatic hydroxyl groups is 1. The number of anilines is 2. The number of halogens is 1. The molecule has 18 heavy (non-hydrogen) atoms. The van der Waals surface area contributed by atoms with Crippen molar-refractivity contribution in [2.45, 2.75) is 0 Å². The third-order valence-corrected chi connectivity index (χ3v) is 2.75. The van der Waals surface area contributed by atoms with Gasteiger partial charge in [0.05, 0.1) is 16.3 Å². The smallest absolute Gasteiger partial charge is 0.257 e. The molecule has 0 unspecified atom stereocenters. The summed E-state index contributed by atoms with van der Waals surface area (Å²) in [5.74, 6) is -0.212. The van der Waals surface area contributed by atoms with Crippen LogP contribution in [-0.2, 0) is 0 Å². The van der Waals surface area contributed by atoms with Crippen LogP contribution in [0.15, 0.2) is 42.5 Å². The van der Waals surface area contributed by atoms with Crippen LogP contribution in [0.5, 0.6) is 5.75 Å². The third kappa shape index (κ3) is 2.55. The van der Waals surface area contributed by atoms with Crippen molar-refractivity contribution in [3.05, 3.63) is 53.1 Å². The first-order valence-electron chi connectivity index (χ1n) is 5.22. The third-order valence-electron chi connectivity index (χ3n) is 2.42. The van der Waals surface area contributed by atoms with Crippen molar-refractivity contribution in [1.82, 2.24) is 0 Å². The fraction of sp³-hybridized carbons (Fsp3) is 0. The number of hydrogen-bond donors (Lipinski definition) is 3. The van der Waals surface area contributed by atoms with E-state index in [1.54, 1.807) is 30.3 Å². The van der Waals surface area contributed by atoms with E-state index in [0.717, 1.165) is 0 Å². The van der Waals surface area contributed by atoms with E-state index >= 15 is 0 Å². The van der Waals surface area contributed by atoms with E-state index in [2.05, 4.69) is 5.32 Å². The molecule has 2 aromatic rings. The van der Waals surface area contributed by atoms with Gasteiger partial charge in [0.2, 0.25) is 0 Å². The number of nitrogens with one attached hydrogen (secondary N) is 1. The Kier molecular flexibility index (Phi) is 3.39. The maximum atomic E-state index is 12.0. The zero-order chi connectivity index (χ0) is 13.1. The van der Waals surface area contributed by atoms with Gasteiger partial charge in [0, 0.05) is 5.69 Å². The van der Waals surface area contributed by atoms with Crippen LogP contribution in [0.4, 0.5) is 11.4 Å². The Morgan fingerprint density at radius 3 is 2.50 bits per heavy atom. The summed E-state index contributed by atoms with van der Waals surface area (Å²) in [5.41, 5.74) is 6.86. The maximum Gasteiger partial charge on any atom is 0.257 e. The molecule has 2 rings (SSSR count). The van der Waals surface area contributed by atoms with E-state index in [0.29, 0.717) is 16.3 Å². The average Bonchev–Trinajstić information content (AvgIpc) is 2.35. The SMILES string of the molecule is Nc1c(Cl)cccc1C(=O)Nc1ccc(O)cc1. The zero-order valence-corrected chi connectivity index (χ0v) is 10.1. The van der Waals surface area contributed by atoms with Crippen molar-refractivity contribution in [3.8, 4) is 5.75 Å². The van der Waals surface area contributed by atoms with Crippen molar-refractivity contribution in [2.75, 3.05) is 11.1 Å². The van der Waals surface area contributed by atoms with E-state index < -0.39 is 0 Å². The molecule has 92 valence electrons. The van der Waals surface area contributed by atoms with Crippen LogP contribution in [0, 0.1) is 0 Å². The number of phenolic OH excluding ortho intramolecular Hbond substituents is 1. The summed E-state index contributed by atoms with van der Waals surface area (Å²) >= 11 is 5.84. The quantitative estimate of drug-likeness (QED) is 0.575. The first-order valence-corrected chi connectivity index (χ1v) is 5.60. The number of benzene rings is 2. The normalized spacial score (nSPS) is 10.1. The van der Waals surface area contributed by atoms with Gasteiger partial charge in [0.1, 0.15) is 5.75 Å². The summed E-state index contributed by atoms with van der Waals surface area (Å²) in [6.45, 7) is 0. The maximum absolute atomic E-state index is 12.0. The summed E-state index contributed by atoms with van der Waals surface area (Å²) in [5, 5.41) is 12.1. The minimum absolute atomic E-state index is 0.135. The Labute approximate surface area is 109 Å². The van der Waals surface area contributed by atoms with Gasteiger partial charge in [-0.2, -0.15) is 0 Å². The molecule has 5 heteroatoms. The molecule has 0 aromatic heterocycles. The van der Waals surface area contributed by atoms with Crippen molar-refractivity contribution >= 4 is 28.9 Å². The molecule has 4 nitrogen and oxygen atoms in total. The first-order chi connectivity index (χ1) is 8.58. The minimum atomic E-state index is -0.347. The number of nitrogens with two attached hydrogens (primary N) is 1. The molecule has 0 bridgehead atoms. The molecule has 0 radical (unpaired) electrons. The Morgan fingerprint density at radius 2 is 1.83 bits per heavy atom. The molecule has 0 aliphatic carbocycles. The van der Waals surface area contributed by atoms with Crippen LogP contribution in [0.25, 0.3) is 0 Å². The lowest BCUT2D eigenvalue weighted by molar-refractivity contribution is 0.102. The Morgan fingerprint density at radius 1 is 1.17 bits per heavy atom. The minimum Gasteiger partial charge on any atom is -0.508 e. The monoisotopic (exact) mass is 262 g/mol. The summed E-state index contributed by atoms with van der Waals surface area (Å²) < 4.78 is 0. The molecule has 0 heterocycles. The number of carbonyl (C=O) groups is 1. The highest BCUT2D eigenvalue weighted by molar-refractivity contribution is 6.34. The molecular formula is C13H11ClN2O2. The standard InChI is InChI=1S/C13H11ClN2O2/c14-11-3-1-2-10(12(11)15)13(18)16-8-4-6-9(17)7-5-8/h1-7,17H,15H2,(H,16,18).